The molecule has 3 heterocycles. The summed E-state index contributed by atoms with van der Waals surface area (Å²) in [6.07, 6.45) is -1.00. The molecule has 2 aromatic heterocycles. The summed E-state index contributed by atoms with van der Waals surface area (Å²) in [4.78, 5) is 29.5. The van der Waals surface area contributed by atoms with Crippen molar-refractivity contribution in [3.8, 4) is 10.8 Å². The van der Waals surface area contributed by atoms with E-state index < -0.39 is 12.1 Å². The van der Waals surface area contributed by atoms with Crippen LogP contribution in [0.15, 0.2) is 40.8 Å². The molecule has 1 fully saturated rings. The SMILES string of the molecule is O=C(O)C1CN(C(=O)c2ccc(-c3nc4ccccc4s3)o2)CCO1. The molecule has 0 aliphatic carbocycles. The first-order chi connectivity index (χ1) is 12.1. The van der Waals surface area contributed by atoms with E-state index >= 15 is 0 Å². The molecule has 0 spiro atoms. The number of carboxylic acids is 1. The highest BCUT2D eigenvalue weighted by Gasteiger charge is 2.30. The minimum Gasteiger partial charge on any atom is -0.479 e. The number of furan rings is 1. The molecule has 4 rings (SSSR count). The minimum absolute atomic E-state index is 0.00530. The number of ether oxygens (including phenoxy) is 1. The van der Waals surface area contributed by atoms with Gasteiger partial charge in [0.05, 0.1) is 23.4 Å². The molecule has 7 nitrogen and oxygen atoms in total. The second-order valence-corrected chi connectivity index (χ2v) is 6.63. The van der Waals surface area contributed by atoms with Gasteiger partial charge in [0.25, 0.3) is 5.91 Å². The normalized spacial score (nSPS) is 17.8. The fraction of sp³-hybridized carbons (Fsp3) is 0.235. The number of nitrogens with zero attached hydrogens (tertiary/aromatic N) is 2. The van der Waals surface area contributed by atoms with Crippen LogP contribution in [0.1, 0.15) is 10.6 Å². The molecule has 0 saturated carbocycles. The number of fused-ring (bicyclic) bond motifs is 1. The topological polar surface area (TPSA) is 92.9 Å². The van der Waals surface area contributed by atoms with Crippen molar-refractivity contribution in [2.24, 2.45) is 0 Å². The van der Waals surface area contributed by atoms with Gasteiger partial charge in [-0.3, -0.25) is 4.79 Å². The molecular weight excluding hydrogens is 344 g/mol. The van der Waals surface area contributed by atoms with Gasteiger partial charge in [-0.25, -0.2) is 9.78 Å². The molecular formula is C17H14N2O5S. The highest BCUT2D eigenvalue weighted by Crippen LogP contribution is 2.31. The molecule has 25 heavy (non-hydrogen) atoms. The smallest absolute Gasteiger partial charge is 0.334 e. The van der Waals surface area contributed by atoms with E-state index in [1.165, 1.54) is 16.2 Å². The Hall–Kier alpha value is -2.71. The molecule has 0 bridgehead atoms. The first kappa shape index (κ1) is 15.8. The number of aliphatic carboxylic acids is 1. The Labute approximate surface area is 146 Å². The van der Waals surface area contributed by atoms with Crippen LogP contribution in [0.25, 0.3) is 21.0 Å². The summed E-state index contributed by atoms with van der Waals surface area (Å²) in [7, 11) is 0. The van der Waals surface area contributed by atoms with E-state index in [0.717, 1.165) is 10.2 Å². The molecule has 1 aliphatic heterocycles. The van der Waals surface area contributed by atoms with E-state index in [-0.39, 0.29) is 24.8 Å². The Bertz CT molecular complexity index is 914. The van der Waals surface area contributed by atoms with Gasteiger partial charge in [0.15, 0.2) is 22.6 Å². The lowest BCUT2D eigenvalue weighted by Crippen LogP contribution is -2.48. The molecule has 1 N–H and O–H groups in total. The zero-order chi connectivity index (χ0) is 17.4. The Morgan fingerprint density at radius 3 is 2.88 bits per heavy atom. The number of aromatic nitrogens is 1. The van der Waals surface area contributed by atoms with Crippen molar-refractivity contribution in [1.82, 2.24) is 9.88 Å². The van der Waals surface area contributed by atoms with Gasteiger partial charge in [0.1, 0.15) is 0 Å². The maximum absolute atomic E-state index is 12.6. The molecule has 8 heteroatoms. The van der Waals surface area contributed by atoms with Gasteiger partial charge < -0.3 is 19.2 Å². The number of benzene rings is 1. The van der Waals surface area contributed by atoms with Crippen LogP contribution in [0.2, 0.25) is 0 Å². The van der Waals surface area contributed by atoms with Gasteiger partial charge in [-0.1, -0.05) is 12.1 Å². The Kier molecular flexibility index (Phi) is 3.98. The van der Waals surface area contributed by atoms with Crippen LogP contribution in [0.5, 0.6) is 0 Å². The lowest BCUT2D eigenvalue weighted by Gasteiger charge is -2.30. The summed E-state index contributed by atoms with van der Waals surface area (Å²) < 4.78 is 11.9. The number of morpholine rings is 1. The number of thiazole rings is 1. The number of amides is 1. The van der Waals surface area contributed by atoms with Crippen molar-refractivity contribution in [3.05, 3.63) is 42.2 Å². The molecule has 1 saturated heterocycles. The highest BCUT2D eigenvalue weighted by atomic mass is 32.1. The molecule has 1 atom stereocenters. The van der Waals surface area contributed by atoms with Crippen LogP contribution in [0.4, 0.5) is 0 Å². The van der Waals surface area contributed by atoms with Gasteiger partial charge in [0, 0.05) is 6.54 Å². The molecule has 1 unspecified atom stereocenters. The van der Waals surface area contributed by atoms with Crippen molar-refractivity contribution in [2.45, 2.75) is 6.10 Å². The molecule has 128 valence electrons. The van der Waals surface area contributed by atoms with Crippen molar-refractivity contribution in [3.63, 3.8) is 0 Å². The van der Waals surface area contributed by atoms with E-state index in [2.05, 4.69) is 4.98 Å². The van der Waals surface area contributed by atoms with Crippen LogP contribution >= 0.6 is 11.3 Å². The van der Waals surface area contributed by atoms with Crippen LogP contribution in [0, 0.1) is 0 Å². The summed E-state index contributed by atoms with van der Waals surface area (Å²) in [6.45, 7) is 0.527. The number of carbonyl (C=O) groups excluding carboxylic acids is 1. The highest BCUT2D eigenvalue weighted by molar-refractivity contribution is 7.21. The molecule has 0 radical (unpaired) electrons. The van der Waals surface area contributed by atoms with E-state index in [1.54, 1.807) is 12.1 Å². The van der Waals surface area contributed by atoms with E-state index in [1.807, 2.05) is 24.3 Å². The monoisotopic (exact) mass is 358 g/mol. The Morgan fingerprint density at radius 2 is 2.08 bits per heavy atom. The summed E-state index contributed by atoms with van der Waals surface area (Å²) in [5.41, 5.74) is 0.879. The second-order valence-electron chi connectivity index (χ2n) is 5.60. The third-order valence-corrected chi connectivity index (χ3v) is 5.00. The van der Waals surface area contributed by atoms with Crippen LogP contribution in [-0.2, 0) is 9.53 Å². The van der Waals surface area contributed by atoms with Crippen LogP contribution < -0.4 is 0 Å². The van der Waals surface area contributed by atoms with Gasteiger partial charge in [-0.15, -0.1) is 11.3 Å². The maximum Gasteiger partial charge on any atom is 0.334 e. The second kappa shape index (κ2) is 6.30. The number of hydrogen-bond donors (Lipinski definition) is 1. The predicted molar refractivity (Wildman–Crippen MR) is 90.6 cm³/mol. The standard InChI is InChI=1S/C17H14N2O5S/c20-16(19-7-8-23-13(9-19)17(21)22)12-6-5-11(24-12)15-18-10-3-1-2-4-14(10)25-15/h1-6,13H,7-9H2,(H,21,22). The van der Waals surface area contributed by atoms with Gasteiger partial charge in [-0.05, 0) is 24.3 Å². The lowest BCUT2D eigenvalue weighted by molar-refractivity contribution is -0.154. The molecule has 1 amide bonds. The van der Waals surface area contributed by atoms with Crippen LogP contribution in [0.3, 0.4) is 0 Å². The van der Waals surface area contributed by atoms with Crippen molar-refractivity contribution in [1.29, 1.82) is 0 Å². The number of para-hydroxylation sites is 1. The average molecular weight is 358 g/mol. The first-order valence-electron chi connectivity index (χ1n) is 7.71. The average Bonchev–Trinajstić information content (AvgIpc) is 3.27. The van der Waals surface area contributed by atoms with E-state index in [4.69, 9.17) is 14.3 Å². The number of rotatable bonds is 3. The fourth-order valence-corrected chi connectivity index (χ4v) is 3.61. The predicted octanol–water partition coefficient (Wildman–Crippen LogP) is 2.48. The largest absolute Gasteiger partial charge is 0.479 e. The quantitative estimate of drug-likeness (QED) is 0.773. The third-order valence-electron chi connectivity index (χ3n) is 3.95. The first-order valence-corrected chi connectivity index (χ1v) is 8.53. The third kappa shape index (κ3) is 3.01. The number of carbonyl (C=O) groups is 2. The van der Waals surface area contributed by atoms with Crippen molar-refractivity contribution < 1.29 is 23.8 Å². The van der Waals surface area contributed by atoms with Crippen molar-refractivity contribution in [2.75, 3.05) is 19.7 Å². The van der Waals surface area contributed by atoms with Gasteiger partial charge >= 0.3 is 5.97 Å². The maximum atomic E-state index is 12.6. The van der Waals surface area contributed by atoms with Gasteiger partial charge in [0.2, 0.25) is 0 Å². The Balaban J connectivity index is 1.56. The fourth-order valence-electron chi connectivity index (χ4n) is 2.68. The lowest BCUT2D eigenvalue weighted by atomic mass is 10.2. The zero-order valence-electron chi connectivity index (χ0n) is 13.0. The van der Waals surface area contributed by atoms with Crippen molar-refractivity contribution >= 4 is 33.4 Å². The molecule has 1 aromatic carbocycles. The summed E-state index contributed by atoms with van der Waals surface area (Å²) in [5.74, 6) is -0.734. The van der Waals surface area contributed by atoms with Crippen LogP contribution in [-0.4, -0.2) is 52.7 Å². The molecule has 3 aromatic rings. The minimum atomic E-state index is -1.08. The number of hydrogen-bond acceptors (Lipinski definition) is 6. The summed E-state index contributed by atoms with van der Waals surface area (Å²) >= 11 is 1.49. The van der Waals surface area contributed by atoms with E-state index in [9.17, 15) is 9.59 Å². The van der Waals surface area contributed by atoms with E-state index in [0.29, 0.717) is 17.3 Å². The Morgan fingerprint density at radius 1 is 1.24 bits per heavy atom. The summed E-state index contributed by atoms with van der Waals surface area (Å²) in [6, 6.07) is 11.1. The van der Waals surface area contributed by atoms with Gasteiger partial charge in [-0.2, -0.15) is 0 Å². The number of carboxylic acid groups (broad SMARTS) is 1. The summed E-state index contributed by atoms with van der Waals surface area (Å²) in [5, 5.41) is 9.74. The zero-order valence-corrected chi connectivity index (χ0v) is 13.9. The molecule has 1 aliphatic rings.